The summed E-state index contributed by atoms with van der Waals surface area (Å²) < 4.78 is 11.6. The van der Waals surface area contributed by atoms with Gasteiger partial charge in [0.25, 0.3) is 0 Å². The van der Waals surface area contributed by atoms with Crippen molar-refractivity contribution in [3.05, 3.63) is 0 Å². The normalized spacial score (nSPS) is 40.2. The van der Waals surface area contributed by atoms with E-state index < -0.39 is 0 Å². The van der Waals surface area contributed by atoms with Crippen molar-refractivity contribution in [1.29, 1.82) is 0 Å². The van der Waals surface area contributed by atoms with Gasteiger partial charge in [0.05, 0.1) is 5.60 Å². The Kier molecular flexibility index (Phi) is 3.92. The fourth-order valence-electron chi connectivity index (χ4n) is 3.96. The first-order valence-electron chi connectivity index (χ1n) is 7.75. The number of hydrogen-bond acceptors (Lipinski definition) is 3. The Labute approximate surface area is 111 Å². The fourth-order valence-corrected chi connectivity index (χ4v) is 3.96. The molecule has 2 heterocycles. The Morgan fingerprint density at radius 1 is 1.06 bits per heavy atom. The van der Waals surface area contributed by atoms with Gasteiger partial charge in [-0.25, -0.2) is 0 Å². The molecule has 3 fully saturated rings. The van der Waals surface area contributed by atoms with Crippen molar-refractivity contribution < 1.29 is 9.47 Å². The van der Waals surface area contributed by atoms with E-state index in [1.165, 1.54) is 32.1 Å². The average Bonchev–Trinajstić information content (AvgIpc) is 2.76. The molecule has 0 aromatic rings. The standard InChI is InChI=1S/C15H27NO2/c1-12-3-2-4-14(12)16-13-5-8-18-15(11-13)6-9-17-10-7-15/h12-14,16H,2-11H2,1H3. The summed E-state index contributed by atoms with van der Waals surface area (Å²) in [4.78, 5) is 0. The lowest BCUT2D eigenvalue weighted by atomic mass is 9.83. The molecule has 0 aromatic heterocycles. The van der Waals surface area contributed by atoms with E-state index in [2.05, 4.69) is 12.2 Å². The second kappa shape index (κ2) is 5.48. The average molecular weight is 253 g/mol. The second-order valence-corrected chi connectivity index (χ2v) is 6.51. The van der Waals surface area contributed by atoms with Crippen molar-refractivity contribution in [2.24, 2.45) is 5.92 Å². The maximum Gasteiger partial charge on any atom is 0.0741 e. The predicted molar refractivity (Wildman–Crippen MR) is 71.7 cm³/mol. The van der Waals surface area contributed by atoms with E-state index in [0.717, 1.165) is 44.6 Å². The maximum atomic E-state index is 6.11. The molecule has 2 aliphatic heterocycles. The first-order chi connectivity index (χ1) is 8.77. The highest BCUT2D eigenvalue weighted by Crippen LogP contribution is 2.35. The van der Waals surface area contributed by atoms with Gasteiger partial charge < -0.3 is 14.8 Å². The van der Waals surface area contributed by atoms with Crippen LogP contribution in [0.5, 0.6) is 0 Å². The van der Waals surface area contributed by atoms with Crippen LogP contribution in [0.4, 0.5) is 0 Å². The van der Waals surface area contributed by atoms with Crippen LogP contribution in [0.2, 0.25) is 0 Å². The zero-order valence-electron chi connectivity index (χ0n) is 11.6. The molecule has 104 valence electrons. The van der Waals surface area contributed by atoms with Crippen molar-refractivity contribution in [1.82, 2.24) is 5.32 Å². The minimum atomic E-state index is 0.135. The van der Waals surface area contributed by atoms with Crippen molar-refractivity contribution in [2.75, 3.05) is 19.8 Å². The molecule has 0 aromatic carbocycles. The third-order valence-electron chi connectivity index (χ3n) is 5.21. The quantitative estimate of drug-likeness (QED) is 0.820. The van der Waals surface area contributed by atoms with Gasteiger partial charge >= 0.3 is 0 Å². The van der Waals surface area contributed by atoms with Gasteiger partial charge in [-0.15, -0.1) is 0 Å². The van der Waals surface area contributed by atoms with Gasteiger partial charge in [0.1, 0.15) is 0 Å². The summed E-state index contributed by atoms with van der Waals surface area (Å²) in [6.45, 7) is 5.09. The molecule has 0 bridgehead atoms. The van der Waals surface area contributed by atoms with Crippen LogP contribution in [-0.2, 0) is 9.47 Å². The maximum absolute atomic E-state index is 6.11. The molecule has 2 saturated heterocycles. The fraction of sp³-hybridized carbons (Fsp3) is 1.00. The summed E-state index contributed by atoms with van der Waals surface area (Å²) in [5.41, 5.74) is 0.135. The third-order valence-corrected chi connectivity index (χ3v) is 5.21. The minimum Gasteiger partial charge on any atom is -0.381 e. The second-order valence-electron chi connectivity index (χ2n) is 6.51. The smallest absolute Gasteiger partial charge is 0.0741 e. The molecular formula is C15H27NO2. The highest BCUT2D eigenvalue weighted by molar-refractivity contribution is 4.93. The number of ether oxygens (including phenoxy) is 2. The highest BCUT2D eigenvalue weighted by atomic mass is 16.5. The van der Waals surface area contributed by atoms with Crippen molar-refractivity contribution >= 4 is 0 Å². The van der Waals surface area contributed by atoms with Crippen LogP contribution in [0.1, 0.15) is 51.9 Å². The lowest BCUT2D eigenvalue weighted by Crippen LogP contribution is -2.52. The summed E-state index contributed by atoms with van der Waals surface area (Å²) in [5.74, 6) is 0.860. The lowest BCUT2D eigenvalue weighted by Gasteiger charge is -2.44. The van der Waals surface area contributed by atoms with Crippen molar-refractivity contribution in [3.63, 3.8) is 0 Å². The predicted octanol–water partition coefficient (Wildman–Crippen LogP) is 2.49. The van der Waals surface area contributed by atoms with Gasteiger partial charge in [0.15, 0.2) is 0 Å². The summed E-state index contributed by atoms with van der Waals surface area (Å²) >= 11 is 0. The highest BCUT2D eigenvalue weighted by Gasteiger charge is 2.40. The molecule has 3 heteroatoms. The summed E-state index contributed by atoms with van der Waals surface area (Å²) in [6.07, 6.45) is 8.73. The lowest BCUT2D eigenvalue weighted by molar-refractivity contribution is -0.141. The molecular weight excluding hydrogens is 226 g/mol. The Morgan fingerprint density at radius 3 is 2.61 bits per heavy atom. The molecule has 3 aliphatic rings. The van der Waals surface area contributed by atoms with Crippen LogP contribution >= 0.6 is 0 Å². The summed E-state index contributed by atoms with van der Waals surface area (Å²) in [5, 5.41) is 3.92. The first-order valence-corrected chi connectivity index (χ1v) is 7.75. The topological polar surface area (TPSA) is 30.5 Å². The van der Waals surface area contributed by atoms with E-state index >= 15 is 0 Å². The van der Waals surface area contributed by atoms with Gasteiger partial charge in [0.2, 0.25) is 0 Å². The van der Waals surface area contributed by atoms with Crippen LogP contribution in [0.3, 0.4) is 0 Å². The molecule has 0 amide bonds. The van der Waals surface area contributed by atoms with Gasteiger partial charge in [-0.3, -0.25) is 0 Å². The van der Waals surface area contributed by atoms with E-state index in [0.29, 0.717) is 6.04 Å². The zero-order valence-corrected chi connectivity index (χ0v) is 11.6. The molecule has 3 rings (SSSR count). The molecule has 1 saturated carbocycles. The minimum absolute atomic E-state index is 0.135. The molecule has 0 radical (unpaired) electrons. The van der Waals surface area contributed by atoms with Crippen LogP contribution in [0.15, 0.2) is 0 Å². The van der Waals surface area contributed by atoms with E-state index in [4.69, 9.17) is 9.47 Å². The molecule has 3 unspecified atom stereocenters. The Bertz CT molecular complexity index is 270. The summed E-state index contributed by atoms with van der Waals surface area (Å²) in [7, 11) is 0. The van der Waals surface area contributed by atoms with Crippen LogP contribution < -0.4 is 5.32 Å². The third kappa shape index (κ3) is 2.73. The number of hydrogen-bond donors (Lipinski definition) is 1. The molecule has 3 nitrogen and oxygen atoms in total. The van der Waals surface area contributed by atoms with Gasteiger partial charge in [-0.1, -0.05) is 13.3 Å². The van der Waals surface area contributed by atoms with E-state index in [-0.39, 0.29) is 5.60 Å². The molecule has 1 N–H and O–H groups in total. The number of nitrogens with one attached hydrogen (secondary N) is 1. The van der Waals surface area contributed by atoms with E-state index in [1.54, 1.807) is 0 Å². The SMILES string of the molecule is CC1CCCC1NC1CCOC2(CCOCC2)C1. The van der Waals surface area contributed by atoms with E-state index in [9.17, 15) is 0 Å². The number of rotatable bonds is 2. The zero-order chi connectivity index (χ0) is 12.4. The van der Waals surface area contributed by atoms with Crippen LogP contribution in [0.25, 0.3) is 0 Å². The molecule has 3 atom stereocenters. The van der Waals surface area contributed by atoms with Gasteiger partial charge in [-0.2, -0.15) is 0 Å². The monoisotopic (exact) mass is 253 g/mol. The Hall–Kier alpha value is -0.120. The van der Waals surface area contributed by atoms with E-state index in [1.807, 2.05) is 0 Å². The van der Waals surface area contributed by atoms with Crippen LogP contribution in [0, 0.1) is 5.92 Å². The largest absolute Gasteiger partial charge is 0.381 e. The van der Waals surface area contributed by atoms with Crippen molar-refractivity contribution in [3.8, 4) is 0 Å². The first kappa shape index (κ1) is 12.9. The summed E-state index contributed by atoms with van der Waals surface area (Å²) in [6, 6.07) is 1.42. The Morgan fingerprint density at radius 2 is 1.89 bits per heavy atom. The Balaban J connectivity index is 1.56. The molecule has 18 heavy (non-hydrogen) atoms. The van der Waals surface area contributed by atoms with Gasteiger partial charge in [-0.05, 0) is 44.4 Å². The molecule has 1 aliphatic carbocycles. The van der Waals surface area contributed by atoms with Gasteiger partial charge in [0, 0.05) is 31.9 Å². The molecule has 1 spiro atoms. The van der Waals surface area contributed by atoms with Crippen molar-refractivity contribution in [2.45, 2.75) is 69.6 Å². The van der Waals surface area contributed by atoms with Crippen LogP contribution in [-0.4, -0.2) is 37.5 Å².